The lowest BCUT2D eigenvalue weighted by atomic mass is 9.92. The largest absolute Gasteiger partial charge is 0.396 e. The van der Waals surface area contributed by atoms with Crippen molar-refractivity contribution >= 4 is 17.5 Å². The van der Waals surface area contributed by atoms with Gasteiger partial charge < -0.3 is 10.4 Å². The van der Waals surface area contributed by atoms with Gasteiger partial charge in [0.25, 0.3) is 0 Å². The van der Waals surface area contributed by atoms with Gasteiger partial charge in [-0.25, -0.2) is 0 Å². The topological polar surface area (TPSA) is 49.3 Å². The summed E-state index contributed by atoms with van der Waals surface area (Å²) >= 11 is 5.88. The maximum atomic E-state index is 12.5. The van der Waals surface area contributed by atoms with E-state index in [0.717, 1.165) is 18.4 Å². The van der Waals surface area contributed by atoms with E-state index in [0.29, 0.717) is 11.4 Å². The Morgan fingerprint density at radius 3 is 2.42 bits per heavy atom. The molecule has 1 aliphatic rings. The fourth-order valence-electron chi connectivity index (χ4n) is 2.31. The van der Waals surface area contributed by atoms with E-state index in [1.54, 1.807) is 0 Å². The summed E-state index contributed by atoms with van der Waals surface area (Å²) in [7, 11) is 0. The van der Waals surface area contributed by atoms with Gasteiger partial charge in [0.15, 0.2) is 0 Å². The lowest BCUT2D eigenvalue weighted by molar-refractivity contribution is -0.125. The standard InChI is InChI=1S/C15H20ClNO2/c1-14(2,9-10-18)17-13(19)15(7-8-15)11-3-5-12(16)6-4-11/h3-6,18H,7-10H2,1-2H3,(H,17,19). The highest BCUT2D eigenvalue weighted by Crippen LogP contribution is 2.48. The zero-order valence-electron chi connectivity index (χ0n) is 11.4. The second-order valence-electron chi connectivity index (χ2n) is 5.90. The second kappa shape index (κ2) is 5.14. The molecule has 104 valence electrons. The van der Waals surface area contributed by atoms with Gasteiger partial charge in [-0.2, -0.15) is 0 Å². The summed E-state index contributed by atoms with van der Waals surface area (Å²) in [5.41, 5.74) is 0.250. The first-order chi connectivity index (χ1) is 8.89. The Morgan fingerprint density at radius 2 is 1.95 bits per heavy atom. The predicted octanol–water partition coefficient (Wildman–Crippen LogP) is 2.65. The van der Waals surface area contributed by atoms with Crippen molar-refractivity contribution in [2.45, 2.75) is 44.1 Å². The van der Waals surface area contributed by atoms with Gasteiger partial charge in [-0.05, 0) is 50.8 Å². The first-order valence-electron chi connectivity index (χ1n) is 6.59. The van der Waals surface area contributed by atoms with Crippen LogP contribution >= 0.6 is 11.6 Å². The van der Waals surface area contributed by atoms with Crippen molar-refractivity contribution in [3.63, 3.8) is 0 Å². The first-order valence-corrected chi connectivity index (χ1v) is 6.97. The molecule has 0 bridgehead atoms. The van der Waals surface area contributed by atoms with Crippen LogP contribution in [0.5, 0.6) is 0 Å². The van der Waals surface area contributed by atoms with Crippen molar-refractivity contribution in [3.8, 4) is 0 Å². The molecular weight excluding hydrogens is 262 g/mol. The van der Waals surface area contributed by atoms with Crippen molar-refractivity contribution in [2.24, 2.45) is 0 Å². The number of carbonyl (C=O) groups is 1. The molecule has 4 heteroatoms. The van der Waals surface area contributed by atoms with Crippen LogP contribution < -0.4 is 5.32 Å². The van der Waals surface area contributed by atoms with Crippen LogP contribution in [0, 0.1) is 0 Å². The third-order valence-electron chi connectivity index (χ3n) is 3.77. The van der Waals surface area contributed by atoms with Crippen LogP contribution in [0.4, 0.5) is 0 Å². The molecule has 19 heavy (non-hydrogen) atoms. The van der Waals surface area contributed by atoms with E-state index in [-0.39, 0.29) is 18.1 Å². The SMILES string of the molecule is CC(C)(CCO)NC(=O)C1(c2ccc(Cl)cc2)CC1. The van der Waals surface area contributed by atoms with Crippen molar-refractivity contribution in [1.82, 2.24) is 5.32 Å². The van der Waals surface area contributed by atoms with E-state index in [9.17, 15) is 4.79 Å². The fourth-order valence-corrected chi connectivity index (χ4v) is 2.44. The lowest BCUT2D eigenvalue weighted by Gasteiger charge is -2.28. The van der Waals surface area contributed by atoms with Gasteiger partial charge in [0, 0.05) is 17.2 Å². The Bertz CT molecular complexity index is 464. The molecule has 2 N–H and O–H groups in total. The molecular formula is C15H20ClNO2. The average molecular weight is 282 g/mol. The second-order valence-corrected chi connectivity index (χ2v) is 6.34. The Hall–Kier alpha value is -1.06. The lowest BCUT2D eigenvalue weighted by Crippen LogP contribution is -2.48. The van der Waals surface area contributed by atoms with Crippen LogP contribution in [0.2, 0.25) is 5.02 Å². The molecule has 1 aromatic carbocycles. The maximum absolute atomic E-state index is 12.5. The van der Waals surface area contributed by atoms with Gasteiger partial charge in [0.2, 0.25) is 5.91 Å². The number of carbonyl (C=O) groups excluding carboxylic acids is 1. The van der Waals surface area contributed by atoms with E-state index in [2.05, 4.69) is 5.32 Å². The monoisotopic (exact) mass is 281 g/mol. The molecule has 1 fully saturated rings. The van der Waals surface area contributed by atoms with Gasteiger partial charge in [-0.1, -0.05) is 23.7 Å². The highest BCUT2D eigenvalue weighted by Gasteiger charge is 2.52. The van der Waals surface area contributed by atoms with Crippen molar-refractivity contribution < 1.29 is 9.90 Å². The van der Waals surface area contributed by atoms with Gasteiger partial charge in [0.1, 0.15) is 0 Å². The van der Waals surface area contributed by atoms with Gasteiger partial charge in [-0.15, -0.1) is 0 Å². The summed E-state index contributed by atoms with van der Waals surface area (Å²) in [5.74, 6) is 0.0493. The Morgan fingerprint density at radius 1 is 1.37 bits per heavy atom. The molecule has 0 unspecified atom stereocenters. The Labute approximate surface area is 119 Å². The van der Waals surface area contributed by atoms with Gasteiger partial charge >= 0.3 is 0 Å². The number of halogens is 1. The van der Waals surface area contributed by atoms with E-state index in [1.165, 1.54) is 0 Å². The first kappa shape index (κ1) is 14.4. The summed E-state index contributed by atoms with van der Waals surface area (Å²) in [6, 6.07) is 7.49. The third kappa shape index (κ3) is 3.10. The summed E-state index contributed by atoms with van der Waals surface area (Å²) in [6.45, 7) is 3.93. The average Bonchev–Trinajstić information content (AvgIpc) is 3.10. The molecule has 2 rings (SSSR count). The predicted molar refractivity (Wildman–Crippen MR) is 76.3 cm³/mol. The van der Waals surface area contributed by atoms with Crippen LogP contribution in [-0.2, 0) is 10.2 Å². The number of benzene rings is 1. The summed E-state index contributed by atoms with van der Waals surface area (Å²) < 4.78 is 0. The zero-order chi connectivity index (χ0) is 14.1. The van der Waals surface area contributed by atoms with Crippen LogP contribution in [0.3, 0.4) is 0 Å². The van der Waals surface area contributed by atoms with Crippen LogP contribution in [-0.4, -0.2) is 23.2 Å². The maximum Gasteiger partial charge on any atom is 0.231 e. The van der Waals surface area contributed by atoms with Crippen LogP contribution in [0.15, 0.2) is 24.3 Å². The Balaban J connectivity index is 2.12. The Kier molecular flexibility index (Phi) is 3.88. The number of aliphatic hydroxyl groups is 1. The molecule has 1 aliphatic carbocycles. The van der Waals surface area contributed by atoms with Crippen molar-refractivity contribution in [1.29, 1.82) is 0 Å². The van der Waals surface area contributed by atoms with Crippen LogP contribution in [0.1, 0.15) is 38.7 Å². The van der Waals surface area contributed by atoms with E-state index in [1.807, 2.05) is 38.1 Å². The number of amides is 1. The minimum Gasteiger partial charge on any atom is -0.396 e. The minimum atomic E-state index is -0.392. The molecule has 0 radical (unpaired) electrons. The number of aliphatic hydroxyl groups excluding tert-OH is 1. The molecule has 0 saturated heterocycles. The molecule has 0 heterocycles. The smallest absolute Gasteiger partial charge is 0.231 e. The fraction of sp³-hybridized carbons (Fsp3) is 0.533. The molecule has 0 spiro atoms. The molecule has 1 amide bonds. The molecule has 0 atom stereocenters. The highest BCUT2D eigenvalue weighted by molar-refractivity contribution is 6.30. The molecule has 0 aromatic heterocycles. The molecule has 3 nitrogen and oxygen atoms in total. The van der Waals surface area contributed by atoms with E-state index >= 15 is 0 Å². The normalized spacial score (nSPS) is 17.1. The van der Waals surface area contributed by atoms with Crippen molar-refractivity contribution in [3.05, 3.63) is 34.9 Å². The highest BCUT2D eigenvalue weighted by atomic mass is 35.5. The van der Waals surface area contributed by atoms with Crippen molar-refractivity contribution in [2.75, 3.05) is 6.61 Å². The van der Waals surface area contributed by atoms with Gasteiger partial charge in [-0.3, -0.25) is 4.79 Å². The zero-order valence-corrected chi connectivity index (χ0v) is 12.1. The number of nitrogens with one attached hydrogen (secondary N) is 1. The minimum absolute atomic E-state index is 0.0493. The summed E-state index contributed by atoms with van der Waals surface area (Å²) in [5, 5.41) is 12.7. The van der Waals surface area contributed by atoms with Gasteiger partial charge in [0.05, 0.1) is 5.41 Å². The number of hydrogen-bond donors (Lipinski definition) is 2. The third-order valence-corrected chi connectivity index (χ3v) is 4.02. The summed E-state index contributed by atoms with van der Waals surface area (Å²) in [4.78, 5) is 12.5. The quantitative estimate of drug-likeness (QED) is 0.872. The molecule has 1 saturated carbocycles. The number of rotatable bonds is 5. The van der Waals surface area contributed by atoms with E-state index in [4.69, 9.17) is 16.7 Å². The molecule has 0 aliphatic heterocycles. The molecule has 1 aromatic rings. The van der Waals surface area contributed by atoms with Crippen LogP contribution in [0.25, 0.3) is 0 Å². The summed E-state index contributed by atoms with van der Waals surface area (Å²) in [6.07, 6.45) is 2.29. The van der Waals surface area contributed by atoms with E-state index < -0.39 is 5.41 Å². The number of hydrogen-bond acceptors (Lipinski definition) is 2.